The number of carbonyl (C=O) groups is 2. The van der Waals surface area contributed by atoms with E-state index < -0.39 is 12.0 Å². The lowest BCUT2D eigenvalue weighted by atomic mass is 10.2. The molecule has 1 aliphatic heterocycles. The highest BCUT2D eigenvalue weighted by molar-refractivity contribution is 5.95. The molecular formula is C13H17N3O3. The molecule has 0 radical (unpaired) electrons. The molecule has 1 fully saturated rings. The molecule has 1 aliphatic rings. The average molecular weight is 263 g/mol. The Bertz CT molecular complexity index is 490. The maximum Gasteiger partial charge on any atom is 0.274 e. The number of anilines is 1. The molecule has 1 saturated heterocycles. The quantitative estimate of drug-likeness (QED) is 0.472. The van der Waals surface area contributed by atoms with E-state index in [2.05, 4.69) is 0 Å². The minimum atomic E-state index is -0.686. The van der Waals surface area contributed by atoms with Gasteiger partial charge in [0.25, 0.3) is 5.91 Å². The summed E-state index contributed by atoms with van der Waals surface area (Å²) in [5.41, 5.74) is 2.83. The average Bonchev–Trinajstić information content (AvgIpc) is 2.84. The molecule has 0 aliphatic carbocycles. The van der Waals surface area contributed by atoms with Gasteiger partial charge in [0.2, 0.25) is 5.91 Å². The highest BCUT2D eigenvalue weighted by Gasteiger charge is 2.22. The van der Waals surface area contributed by atoms with Gasteiger partial charge in [0.15, 0.2) is 6.10 Å². The lowest BCUT2D eigenvalue weighted by Gasteiger charge is -2.18. The van der Waals surface area contributed by atoms with E-state index in [-0.39, 0.29) is 5.91 Å². The van der Waals surface area contributed by atoms with Gasteiger partial charge < -0.3 is 9.64 Å². The molecule has 1 unspecified atom stereocenters. The summed E-state index contributed by atoms with van der Waals surface area (Å²) in [5.74, 6) is 5.29. The second kappa shape index (κ2) is 5.71. The van der Waals surface area contributed by atoms with Crippen molar-refractivity contribution in [3.63, 3.8) is 0 Å². The third-order valence-electron chi connectivity index (χ3n) is 3.03. The van der Waals surface area contributed by atoms with Crippen LogP contribution in [0.2, 0.25) is 0 Å². The smallest absolute Gasteiger partial charge is 0.274 e. The van der Waals surface area contributed by atoms with Gasteiger partial charge in [0.1, 0.15) is 5.75 Å². The van der Waals surface area contributed by atoms with Crippen molar-refractivity contribution in [2.24, 2.45) is 5.84 Å². The van der Waals surface area contributed by atoms with Crippen molar-refractivity contribution in [3.8, 4) is 5.75 Å². The number of nitrogens with two attached hydrogens (primary N) is 1. The van der Waals surface area contributed by atoms with E-state index in [4.69, 9.17) is 10.6 Å². The van der Waals surface area contributed by atoms with Crippen LogP contribution in [0.15, 0.2) is 24.3 Å². The van der Waals surface area contributed by atoms with Gasteiger partial charge in [-0.15, -0.1) is 0 Å². The molecule has 0 spiro atoms. The summed E-state index contributed by atoms with van der Waals surface area (Å²) in [4.78, 5) is 24.7. The summed E-state index contributed by atoms with van der Waals surface area (Å²) in [6.45, 7) is 2.33. The molecule has 0 bridgehead atoms. The third kappa shape index (κ3) is 3.03. The number of carbonyl (C=O) groups excluding carboxylic acids is 2. The molecule has 6 heteroatoms. The van der Waals surface area contributed by atoms with Crippen LogP contribution in [0.1, 0.15) is 19.8 Å². The second-order valence-corrected chi connectivity index (χ2v) is 4.41. The Morgan fingerprint density at radius 1 is 1.53 bits per heavy atom. The number of hydrogen-bond donors (Lipinski definition) is 2. The van der Waals surface area contributed by atoms with Crippen LogP contribution < -0.4 is 20.9 Å². The van der Waals surface area contributed by atoms with E-state index in [1.165, 1.54) is 0 Å². The minimum absolute atomic E-state index is 0.116. The fourth-order valence-corrected chi connectivity index (χ4v) is 2.02. The Labute approximate surface area is 111 Å². The molecule has 3 N–H and O–H groups in total. The van der Waals surface area contributed by atoms with Crippen LogP contribution in [-0.2, 0) is 9.59 Å². The first-order valence-electron chi connectivity index (χ1n) is 6.19. The summed E-state index contributed by atoms with van der Waals surface area (Å²) in [7, 11) is 0. The maximum absolute atomic E-state index is 11.7. The van der Waals surface area contributed by atoms with Crippen LogP contribution in [0.25, 0.3) is 0 Å². The zero-order valence-electron chi connectivity index (χ0n) is 10.8. The van der Waals surface area contributed by atoms with Crippen molar-refractivity contribution in [1.82, 2.24) is 5.43 Å². The number of nitrogens with one attached hydrogen (secondary N) is 1. The molecule has 2 rings (SSSR count). The molecule has 102 valence electrons. The lowest BCUT2D eigenvalue weighted by molar-refractivity contribution is -0.127. The summed E-state index contributed by atoms with van der Waals surface area (Å²) in [5, 5.41) is 0. The normalized spacial score (nSPS) is 16.3. The molecule has 6 nitrogen and oxygen atoms in total. The van der Waals surface area contributed by atoms with Gasteiger partial charge in [-0.3, -0.25) is 15.0 Å². The zero-order valence-corrected chi connectivity index (χ0v) is 10.8. The number of hydrogen-bond acceptors (Lipinski definition) is 4. The molecule has 19 heavy (non-hydrogen) atoms. The van der Waals surface area contributed by atoms with Crippen molar-refractivity contribution in [3.05, 3.63) is 24.3 Å². The second-order valence-electron chi connectivity index (χ2n) is 4.41. The highest BCUT2D eigenvalue weighted by Crippen LogP contribution is 2.25. The first kappa shape index (κ1) is 13.4. The van der Waals surface area contributed by atoms with Crippen molar-refractivity contribution >= 4 is 17.5 Å². The van der Waals surface area contributed by atoms with Crippen LogP contribution in [0.5, 0.6) is 5.75 Å². The molecule has 1 aromatic rings. The summed E-state index contributed by atoms with van der Waals surface area (Å²) < 4.78 is 5.47. The van der Waals surface area contributed by atoms with Gasteiger partial charge in [-0.25, -0.2) is 5.84 Å². The van der Waals surface area contributed by atoms with E-state index in [1.807, 2.05) is 11.5 Å². The van der Waals surface area contributed by atoms with Crippen molar-refractivity contribution in [2.75, 3.05) is 11.4 Å². The van der Waals surface area contributed by atoms with E-state index >= 15 is 0 Å². The van der Waals surface area contributed by atoms with E-state index in [0.29, 0.717) is 12.2 Å². The van der Waals surface area contributed by atoms with Crippen molar-refractivity contribution in [2.45, 2.75) is 25.9 Å². The van der Waals surface area contributed by atoms with E-state index in [9.17, 15) is 9.59 Å². The molecule has 2 amide bonds. The zero-order chi connectivity index (χ0) is 13.8. The standard InChI is InChI=1S/C13H17N3O3/c1-9(13(18)15-14)19-11-5-2-4-10(8-11)16-7-3-6-12(16)17/h2,4-5,8-9H,3,6-7,14H2,1H3,(H,15,18). The molecule has 1 atom stereocenters. The van der Waals surface area contributed by atoms with Gasteiger partial charge in [-0.2, -0.15) is 0 Å². The SMILES string of the molecule is CC(Oc1cccc(N2CCCC2=O)c1)C(=O)NN. The van der Waals surface area contributed by atoms with Gasteiger partial charge in [0, 0.05) is 24.7 Å². The summed E-state index contributed by atoms with van der Waals surface area (Å²) in [6, 6.07) is 7.14. The van der Waals surface area contributed by atoms with Crippen LogP contribution in [0, 0.1) is 0 Å². The maximum atomic E-state index is 11.7. The van der Waals surface area contributed by atoms with Gasteiger partial charge in [0.05, 0.1) is 0 Å². The Balaban J connectivity index is 2.11. The fourth-order valence-electron chi connectivity index (χ4n) is 2.02. The first-order chi connectivity index (χ1) is 9.11. The Kier molecular flexibility index (Phi) is 4.01. The number of amides is 2. The third-order valence-corrected chi connectivity index (χ3v) is 3.03. The molecule has 1 aromatic carbocycles. The van der Waals surface area contributed by atoms with Gasteiger partial charge in [-0.1, -0.05) is 6.07 Å². The lowest BCUT2D eigenvalue weighted by Crippen LogP contribution is -2.40. The monoisotopic (exact) mass is 263 g/mol. The molecule has 1 heterocycles. The van der Waals surface area contributed by atoms with Crippen LogP contribution in [-0.4, -0.2) is 24.5 Å². The minimum Gasteiger partial charge on any atom is -0.481 e. The highest BCUT2D eigenvalue weighted by atomic mass is 16.5. The largest absolute Gasteiger partial charge is 0.481 e. The molecular weight excluding hydrogens is 246 g/mol. The number of ether oxygens (including phenoxy) is 1. The summed E-state index contributed by atoms with van der Waals surface area (Å²) >= 11 is 0. The van der Waals surface area contributed by atoms with Crippen LogP contribution >= 0.6 is 0 Å². The Morgan fingerprint density at radius 2 is 2.32 bits per heavy atom. The predicted molar refractivity (Wildman–Crippen MR) is 70.4 cm³/mol. The van der Waals surface area contributed by atoms with Gasteiger partial charge >= 0.3 is 0 Å². The number of nitrogens with zero attached hydrogens (tertiary/aromatic N) is 1. The number of hydrazine groups is 1. The van der Waals surface area contributed by atoms with Crippen LogP contribution in [0.4, 0.5) is 5.69 Å². The predicted octanol–water partition coefficient (Wildman–Crippen LogP) is 0.571. The van der Waals surface area contributed by atoms with E-state index in [0.717, 1.165) is 18.7 Å². The van der Waals surface area contributed by atoms with Gasteiger partial charge in [-0.05, 0) is 25.5 Å². The molecule has 0 saturated carbocycles. The molecule has 0 aromatic heterocycles. The van der Waals surface area contributed by atoms with Crippen molar-refractivity contribution in [1.29, 1.82) is 0 Å². The number of benzene rings is 1. The fraction of sp³-hybridized carbons (Fsp3) is 0.385. The topological polar surface area (TPSA) is 84.7 Å². The number of rotatable bonds is 4. The first-order valence-corrected chi connectivity index (χ1v) is 6.19. The van der Waals surface area contributed by atoms with Crippen molar-refractivity contribution < 1.29 is 14.3 Å². The van der Waals surface area contributed by atoms with Crippen LogP contribution in [0.3, 0.4) is 0 Å². The Morgan fingerprint density at radius 3 is 2.95 bits per heavy atom. The van der Waals surface area contributed by atoms with E-state index in [1.54, 1.807) is 30.0 Å². The Hall–Kier alpha value is -2.08. The summed E-state index contributed by atoms with van der Waals surface area (Å²) in [6.07, 6.45) is 0.766.